The molecule has 0 aromatic carbocycles. The van der Waals surface area contributed by atoms with Gasteiger partial charge in [-0.25, -0.2) is 4.57 Å². The summed E-state index contributed by atoms with van der Waals surface area (Å²) < 4.78 is 2.02. The molecule has 0 amide bonds. The molecule has 0 fully saturated rings. The predicted octanol–water partition coefficient (Wildman–Crippen LogP) is 1.23. The molecule has 0 spiro atoms. The maximum atomic E-state index is 5.82. The summed E-state index contributed by atoms with van der Waals surface area (Å²) >= 11 is 5.82. The zero-order chi connectivity index (χ0) is 8.43. The van der Waals surface area contributed by atoms with E-state index in [0.717, 1.165) is 10.8 Å². The third-order valence-electron chi connectivity index (χ3n) is 1.54. The smallest absolute Gasteiger partial charge is 0.267 e. The van der Waals surface area contributed by atoms with Crippen LogP contribution in [-0.4, -0.2) is 14.1 Å². The molecule has 1 rings (SSSR count). The Balaban J connectivity index is 3.13. The van der Waals surface area contributed by atoms with Crippen LogP contribution in [0.5, 0.6) is 0 Å². The average Bonchev–Trinajstić information content (AvgIpc) is 1.94. The van der Waals surface area contributed by atoms with Gasteiger partial charge in [0.05, 0.1) is 32.4 Å². The van der Waals surface area contributed by atoms with Crippen molar-refractivity contribution in [3.05, 3.63) is 23.4 Å². The van der Waals surface area contributed by atoms with Gasteiger partial charge in [0, 0.05) is 6.07 Å². The second-order valence-electron chi connectivity index (χ2n) is 2.71. The first-order chi connectivity index (χ1) is 5.11. The second-order valence-corrected chi connectivity index (χ2v) is 3.14. The Morgan fingerprint density at radius 2 is 2.09 bits per heavy atom. The van der Waals surface area contributed by atoms with E-state index in [4.69, 9.17) is 11.6 Å². The summed E-state index contributed by atoms with van der Waals surface area (Å²) in [5.74, 6) is 1.09. The summed E-state index contributed by atoms with van der Waals surface area (Å²) in [5.41, 5.74) is 0. The van der Waals surface area contributed by atoms with Crippen molar-refractivity contribution < 1.29 is 4.57 Å². The Morgan fingerprint density at radius 3 is 2.55 bits per heavy atom. The first kappa shape index (κ1) is 8.34. The Morgan fingerprint density at radius 1 is 1.45 bits per heavy atom. The van der Waals surface area contributed by atoms with Gasteiger partial charge in [-0.3, -0.25) is 4.90 Å². The summed E-state index contributed by atoms with van der Waals surface area (Å²) in [6, 6.07) is 3.80. The van der Waals surface area contributed by atoms with Gasteiger partial charge in [-0.2, -0.15) is 0 Å². The van der Waals surface area contributed by atoms with Crippen LogP contribution in [0.3, 0.4) is 0 Å². The van der Waals surface area contributed by atoms with Crippen molar-refractivity contribution in [1.29, 1.82) is 0 Å². The van der Waals surface area contributed by atoms with E-state index in [1.54, 1.807) is 0 Å². The van der Waals surface area contributed by atoms with Crippen LogP contribution < -0.4 is 9.47 Å². The van der Waals surface area contributed by atoms with E-state index < -0.39 is 0 Å². The molecule has 11 heavy (non-hydrogen) atoms. The van der Waals surface area contributed by atoms with Crippen molar-refractivity contribution in [2.75, 3.05) is 19.0 Å². The molecular weight excluding hydrogens is 160 g/mol. The van der Waals surface area contributed by atoms with Crippen molar-refractivity contribution in [1.82, 2.24) is 0 Å². The van der Waals surface area contributed by atoms with Crippen LogP contribution in [0.25, 0.3) is 0 Å². The third kappa shape index (κ3) is 1.84. The van der Waals surface area contributed by atoms with E-state index in [1.807, 2.05) is 48.9 Å². The average molecular weight is 172 g/mol. The number of aryl methyl sites for hydroxylation is 1. The van der Waals surface area contributed by atoms with E-state index in [1.165, 1.54) is 0 Å². The summed E-state index contributed by atoms with van der Waals surface area (Å²) in [6.45, 7) is 0. The summed E-state index contributed by atoms with van der Waals surface area (Å²) in [7, 11) is 5.98. The van der Waals surface area contributed by atoms with Gasteiger partial charge in [0.2, 0.25) is 0 Å². The second kappa shape index (κ2) is 3.09. The molecule has 0 unspecified atom stereocenters. The first-order valence-corrected chi connectivity index (χ1v) is 3.81. The Hall–Kier alpha value is -0.760. The fourth-order valence-electron chi connectivity index (χ4n) is 0.977. The maximum Gasteiger partial charge on any atom is 0.277 e. The molecule has 1 aromatic rings. The zero-order valence-electron chi connectivity index (χ0n) is 7.00. The lowest BCUT2D eigenvalue weighted by molar-refractivity contribution is -0.658. The molecule has 0 N–H and O–H groups in total. The van der Waals surface area contributed by atoms with Gasteiger partial charge in [0.15, 0.2) is 0 Å². The highest BCUT2D eigenvalue weighted by molar-refractivity contribution is 6.30. The van der Waals surface area contributed by atoms with Gasteiger partial charge >= 0.3 is 0 Å². The molecule has 0 aliphatic rings. The summed E-state index contributed by atoms with van der Waals surface area (Å²) in [6.07, 6.45) is 1.94. The molecule has 1 aromatic heterocycles. The molecule has 0 saturated carbocycles. The number of anilines is 1. The molecule has 0 saturated heterocycles. The molecule has 0 atom stereocenters. The van der Waals surface area contributed by atoms with E-state index in [9.17, 15) is 0 Å². The van der Waals surface area contributed by atoms with Crippen LogP contribution in [0.4, 0.5) is 5.82 Å². The van der Waals surface area contributed by atoms with E-state index in [-0.39, 0.29) is 0 Å². The van der Waals surface area contributed by atoms with Crippen LogP contribution >= 0.6 is 11.6 Å². The van der Waals surface area contributed by atoms with Crippen molar-refractivity contribution in [3.63, 3.8) is 0 Å². The quantitative estimate of drug-likeness (QED) is 0.577. The van der Waals surface area contributed by atoms with Gasteiger partial charge < -0.3 is 0 Å². The Labute approximate surface area is 72.0 Å². The lowest BCUT2D eigenvalue weighted by Gasteiger charge is -2.07. The van der Waals surface area contributed by atoms with Crippen molar-refractivity contribution in [2.24, 2.45) is 7.05 Å². The maximum absolute atomic E-state index is 5.82. The van der Waals surface area contributed by atoms with E-state index in [0.29, 0.717) is 0 Å². The molecule has 60 valence electrons. The van der Waals surface area contributed by atoms with Crippen LogP contribution in [0.15, 0.2) is 18.3 Å². The number of hydrogen-bond donors (Lipinski definition) is 0. The fourth-order valence-corrected chi connectivity index (χ4v) is 1.13. The van der Waals surface area contributed by atoms with Gasteiger partial charge in [-0.05, 0) is 6.07 Å². The van der Waals surface area contributed by atoms with Crippen LogP contribution in [0.2, 0.25) is 5.02 Å². The van der Waals surface area contributed by atoms with E-state index >= 15 is 0 Å². The van der Waals surface area contributed by atoms with Gasteiger partial charge in [-0.15, -0.1) is 0 Å². The summed E-state index contributed by atoms with van der Waals surface area (Å²) in [4.78, 5) is 2.02. The Bertz CT molecular complexity index is 258. The van der Waals surface area contributed by atoms with Crippen molar-refractivity contribution in [3.8, 4) is 0 Å². The van der Waals surface area contributed by atoms with Crippen LogP contribution in [0, 0.1) is 0 Å². The first-order valence-electron chi connectivity index (χ1n) is 3.44. The highest BCUT2D eigenvalue weighted by Gasteiger charge is 2.07. The highest BCUT2D eigenvalue weighted by Crippen LogP contribution is 2.11. The molecule has 1 heterocycles. The minimum absolute atomic E-state index is 0.770. The molecule has 2 nitrogen and oxygen atoms in total. The number of halogens is 1. The lowest BCUT2D eigenvalue weighted by Crippen LogP contribution is -2.35. The normalized spacial score (nSPS) is 9.82. The van der Waals surface area contributed by atoms with Gasteiger partial charge in [0.25, 0.3) is 5.82 Å². The number of aromatic nitrogens is 1. The fraction of sp³-hybridized carbons (Fsp3) is 0.375. The van der Waals surface area contributed by atoms with Crippen LogP contribution in [-0.2, 0) is 7.05 Å². The molecule has 3 heteroatoms. The number of nitrogens with zero attached hydrogens (tertiary/aromatic N) is 2. The third-order valence-corrected chi connectivity index (χ3v) is 1.78. The van der Waals surface area contributed by atoms with Crippen LogP contribution in [0.1, 0.15) is 0 Å². The minimum atomic E-state index is 0.770. The monoisotopic (exact) mass is 171 g/mol. The topological polar surface area (TPSA) is 7.12 Å². The Kier molecular flexibility index (Phi) is 2.35. The summed E-state index contributed by atoms with van der Waals surface area (Å²) in [5, 5.41) is 0.770. The highest BCUT2D eigenvalue weighted by atomic mass is 35.5. The molecule has 0 aliphatic heterocycles. The number of pyridine rings is 1. The molecule has 0 radical (unpaired) electrons. The molecule has 0 aliphatic carbocycles. The van der Waals surface area contributed by atoms with Gasteiger partial charge in [0.1, 0.15) is 0 Å². The van der Waals surface area contributed by atoms with Crippen molar-refractivity contribution in [2.45, 2.75) is 0 Å². The molecular formula is C8H12ClN2+. The predicted molar refractivity (Wildman–Crippen MR) is 47.0 cm³/mol. The largest absolute Gasteiger partial charge is 0.277 e. The molecule has 0 bridgehead atoms. The number of rotatable bonds is 1. The standard InChI is InChI=1S/C8H12ClN2/c1-10(2)8-6-7(9)4-5-11(8)3/h4-6H,1-3H3/q+1. The van der Waals surface area contributed by atoms with Gasteiger partial charge in [-0.1, -0.05) is 11.6 Å². The van der Waals surface area contributed by atoms with E-state index in [2.05, 4.69) is 0 Å². The van der Waals surface area contributed by atoms with Crippen molar-refractivity contribution >= 4 is 17.4 Å². The SMILES string of the molecule is CN(C)c1cc(Cl)cc[n+]1C. The zero-order valence-corrected chi connectivity index (χ0v) is 7.76. The number of hydrogen-bond acceptors (Lipinski definition) is 1. The minimum Gasteiger partial charge on any atom is -0.267 e. The lowest BCUT2D eigenvalue weighted by atomic mass is 10.4.